The van der Waals surface area contributed by atoms with Crippen LogP contribution in [0.1, 0.15) is 44.2 Å². The van der Waals surface area contributed by atoms with Gasteiger partial charge in [-0.3, -0.25) is 4.98 Å². The lowest BCUT2D eigenvalue weighted by Crippen LogP contribution is -2.05. The first-order chi connectivity index (χ1) is 18.2. The summed E-state index contributed by atoms with van der Waals surface area (Å²) in [6, 6.07) is 23.7. The number of hydrogen-bond donors (Lipinski definition) is 0. The van der Waals surface area contributed by atoms with Gasteiger partial charge in [0, 0.05) is 28.7 Å². The molecular weight excluding hydrogens is 466 g/mol. The van der Waals surface area contributed by atoms with Crippen molar-refractivity contribution in [3.63, 3.8) is 0 Å². The van der Waals surface area contributed by atoms with E-state index in [0.29, 0.717) is 0 Å². The fraction of sp³-hybridized carbons (Fsp3) is 0.143. The molecule has 0 N–H and O–H groups in total. The Morgan fingerprint density at radius 2 is 1.49 bits per heavy atom. The second-order valence-electron chi connectivity index (χ2n) is 9.34. The number of nitrogens with zero attached hydrogens (tertiary/aromatic N) is 1. The SMILES string of the molecule is CC/C=C\C=C(\C1=CCCC=C1/C(=C(\C)C=S)c1cncc2ccccc12)c1cccc2ccccc12. The maximum Gasteiger partial charge on any atom is 0.0353 e. The molecule has 1 nitrogen and oxygen atoms in total. The Morgan fingerprint density at radius 3 is 2.24 bits per heavy atom. The summed E-state index contributed by atoms with van der Waals surface area (Å²) >= 11 is 5.51. The van der Waals surface area contributed by atoms with Crippen molar-refractivity contribution in [1.82, 2.24) is 4.98 Å². The molecule has 0 saturated heterocycles. The van der Waals surface area contributed by atoms with Crippen LogP contribution in [0.5, 0.6) is 0 Å². The van der Waals surface area contributed by atoms with E-state index < -0.39 is 0 Å². The van der Waals surface area contributed by atoms with Crippen molar-refractivity contribution in [2.45, 2.75) is 33.1 Å². The Labute approximate surface area is 225 Å². The maximum absolute atomic E-state index is 5.51. The molecule has 0 saturated carbocycles. The molecule has 182 valence electrons. The molecule has 2 heteroatoms. The van der Waals surface area contributed by atoms with Crippen LogP contribution in [-0.4, -0.2) is 10.4 Å². The van der Waals surface area contributed by atoms with Crippen LogP contribution < -0.4 is 0 Å². The molecule has 1 aromatic heterocycles. The van der Waals surface area contributed by atoms with Gasteiger partial charge in [-0.2, -0.15) is 0 Å². The third-order valence-corrected chi connectivity index (χ3v) is 7.29. The molecule has 1 aliphatic rings. The van der Waals surface area contributed by atoms with Gasteiger partial charge in [-0.1, -0.05) is 116 Å². The van der Waals surface area contributed by atoms with E-state index in [1.165, 1.54) is 38.4 Å². The van der Waals surface area contributed by atoms with E-state index in [9.17, 15) is 0 Å². The summed E-state index contributed by atoms with van der Waals surface area (Å²) in [5.74, 6) is 0. The minimum Gasteiger partial charge on any atom is -0.263 e. The van der Waals surface area contributed by atoms with Gasteiger partial charge in [0.25, 0.3) is 0 Å². The van der Waals surface area contributed by atoms with Crippen molar-refractivity contribution in [2.24, 2.45) is 0 Å². The Bertz CT molecular complexity index is 1620. The molecule has 0 fully saturated rings. The highest BCUT2D eigenvalue weighted by molar-refractivity contribution is 7.79. The summed E-state index contributed by atoms with van der Waals surface area (Å²) in [6.07, 6.45) is 18.4. The number of benzene rings is 3. The third-order valence-electron chi connectivity index (χ3n) is 6.94. The van der Waals surface area contributed by atoms with Crippen LogP contribution in [0.4, 0.5) is 0 Å². The van der Waals surface area contributed by atoms with Gasteiger partial charge < -0.3 is 0 Å². The van der Waals surface area contributed by atoms with Crippen LogP contribution in [0, 0.1) is 0 Å². The van der Waals surface area contributed by atoms with E-state index in [0.717, 1.165) is 41.4 Å². The van der Waals surface area contributed by atoms with Gasteiger partial charge in [-0.05, 0) is 75.8 Å². The Kier molecular flexibility index (Phi) is 7.67. The van der Waals surface area contributed by atoms with Crippen LogP contribution in [0.2, 0.25) is 0 Å². The van der Waals surface area contributed by atoms with Gasteiger partial charge in [0.15, 0.2) is 0 Å². The zero-order valence-electron chi connectivity index (χ0n) is 21.4. The first-order valence-corrected chi connectivity index (χ1v) is 13.5. The summed E-state index contributed by atoms with van der Waals surface area (Å²) in [7, 11) is 0. The summed E-state index contributed by atoms with van der Waals surface area (Å²) in [4.78, 5) is 4.62. The van der Waals surface area contributed by atoms with Crippen molar-refractivity contribution in [3.05, 3.63) is 137 Å². The Morgan fingerprint density at radius 1 is 0.811 bits per heavy atom. The van der Waals surface area contributed by atoms with Crippen LogP contribution >= 0.6 is 12.2 Å². The summed E-state index contributed by atoms with van der Waals surface area (Å²) in [5, 5.41) is 6.64. The minimum absolute atomic E-state index is 0.998. The molecule has 37 heavy (non-hydrogen) atoms. The molecule has 0 atom stereocenters. The molecule has 0 bridgehead atoms. The number of thiocarbonyl (C=S) groups is 1. The van der Waals surface area contributed by atoms with E-state index in [4.69, 9.17) is 12.2 Å². The third kappa shape index (κ3) is 5.03. The lowest BCUT2D eigenvalue weighted by molar-refractivity contribution is 1.01. The normalized spacial score (nSPS) is 15.0. The first-order valence-electron chi connectivity index (χ1n) is 13.0. The highest BCUT2D eigenvalue weighted by atomic mass is 32.1. The maximum atomic E-state index is 5.51. The van der Waals surface area contributed by atoms with Crippen molar-refractivity contribution < 1.29 is 0 Å². The fourth-order valence-electron chi connectivity index (χ4n) is 5.20. The molecule has 5 rings (SSSR count). The molecule has 0 spiro atoms. The predicted octanol–water partition coefficient (Wildman–Crippen LogP) is 9.86. The van der Waals surface area contributed by atoms with E-state index in [2.05, 4.69) is 116 Å². The monoisotopic (exact) mass is 497 g/mol. The lowest BCUT2D eigenvalue weighted by Gasteiger charge is -2.25. The van der Waals surface area contributed by atoms with Gasteiger partial charge in [0.05, 0.1) is 0 Å². The number of aromatic nitrogens is 1. The van der Waals surface area contributed by atoms with Crippen LogP contribution in [0.25, 0.3) is 32.7 Å². The molecule has 3 aromatic carbocycles. The molecule has 1 aliphatic carbocycles. The van der Waals surface area contributed by atoms with Crippen molar-refractivity contribution in [1.29, 1.82) is 0 Å². The largest absolute Gasteiger partial charge is 0.263 e. The van der Waals surface area contributed by atoms with Crippen molar-refractivity contribution in [2.75, 3.05) is 0 Å². The predicted molar refractivity (Wildman–Crippen MR) is 165 cm³/mol. The molecule has 0 radical (unpaired) electrons. The van der Waals surface area contributed by atoms with Gasteiger partial charge in [-0.15, -0.1) is 0 Å². The molecular formula is C35H31NS. The van der Waals surface area contributed by atoms with Crippen LogP contribution in [-0.2, 0) is 0 Å². The highest BCUT2D eigenvalue weighted by Crippen LogP contribution is 2.43. The average Bonchev–Trinajstić information content (AvgIpc) is 2.96. The second kappa shape index (κ2) is 11.5. The van der Waals surface area contributed by atoms with Crippen LogP contribution in [0.3, 0.4) is 0 Å². The van der Waals surface area contributed by atoms with Gasteiger partial charge in [0.1, 0.15) is 0 Å². The Hall–Kier alpha value is -3.88. The lowest BCUT2D eigenvalue weighted by atomic mass is 9.79. The number of allylic oxidation sites excluding steroid dienone is 10. The molecule has 0 amide bonds. The number of hydrogen-bond acceptors (Lipinski definition) is 2. The van der Waals surface area contributed by atoms with E-state index in [-0.39, 0.29) is 0 Å². The molecule has 0 aliphatic heterocycles. The van der Waals surface area contributed by atoms with Crippen LogP contribution in [0.15, 0.2) is 126 Å². The quantitative estimate of drug-likeness (QED) is 0.143. The van der Waals surface area contributed by atoms with Gasteiger partial charge >= 0.3 is 0 Å². The van der Waals surface area contributed by atoms with E-state index in [1.807, 2.05) is 17.8 Å². The molecule has 4 aromatic rings. The van der Waals surface area contributed by atoms with Gasteiger partial charge in [0.2, 0.25) is 0 Å². The Balaban J connectivity index is 1.75. The smallest absolute Gasteiger partial charge is 0.0353 e. The van der Waals surface area contributed by atoms with E-state index in [1.54, 1.807) is 0 Å². The number of rotatable bonds is 7. The zero-order valence-corrected chi connectivity index (χ0v) is 22.3. The molecule has 0 unspecified atom stereocenters. The van der Waals surface area contributed by atoms with Gasteiger partial charge in [-0.25, -0.2) is 0 Å². The first kappa shape index (κ1) is 24.8. The summed E-state index contributed by atoms with van der Waals surface area (Å²) in [6.45, 7) is 4.29. The zero-order chi connectivity index (χ0) is 25.6. The number of pyridine rings is 1. The topological polar surface area (TPSA) is 12.9 Å². The molecule has 1 heterocycles. The van der Waals surface area contributed by atoms with E-state index >= 15 is 0 Å². The summed E-state index contributed by atoms with van der Waals surface area (Å²) in [5.41, 5.74) is 8.32. The fourth-order valence-corrected chi connectivity index (χ4v) is 5.31. The minimum atomic E-state index is 0.998. The summed E-state index contributed by atoms with van der Waals surface area (Å²) < 4.78 is 0. The van der Waals surface area contributed by atoms with Crippen molar-refractivity contribution >= 4 is 50.3 Å². The number of fused-ring (bicyclic) bond motifs is 2. The second-order valence-corrected chi connectivity index (χ2v) is 9.58. The highest BCUT2D eigenvalue weighted by Gasteiger charge is 2.23. The standard InChI is InChI=1S/C35H31NS/c1-3-4-5-18-31(30-21-12-15-26-13-6-8-16-28(26)30)32-19-10-11-20-33(32)35(25(2)24-37)34-23-36-22-27-14-7-9-17-29(27)34/h4-9,12-24H,3,10-11H2,1-2H3/b5-4-,31-18+,35-25-. The van der Waals surface area contributed by atoms with Crippen molar-refractivity contribution in [3.8, 4) is 0 Å². The average molecular weight is 498 g/mol.